The smallest absolute Gasteiger partial charge is 0.243 e. The predicted molar refractivity (Wildman–Crippen MR) is 133 cm³/mol. The Hall–Kier alpha value is -2.91. The number of rotatable bonds is 6. The molecule has 5 rings (SSSR count). The molecule has 2 aromatic carbocycles. The zero-order chi connectivity index (χ0) is 24.7. The number of methoxy groups -OCH3 is 1. The molecule has 1 saturated heterocycles. The van der Waals surface area contributed by atoms with Crippen molar-refractivity contribution in [1.29, 1.82) is 0 Å². The van der Waals surface area contributed by atoms with Crippen LogP contribution in [0.5, 0.6) is 5.75 Å². The van der Waals surface area contributed by atoms with Crippen LogP contribution in [0, 0.1) is 11.8 Å². The van der Waals surface area contributed by atoms with Crippen molar-refractivity contribution in [3.05, 3.63) is 48.0 Å². The SMILES string of the molecule is COc1ccc(NC(=O)[C@@H]2CCCN(S(=O)(=O)c3ccc4c(c3)C[C@H](C)N4C(=O)C3CC3)C2)cc1. The maximum atomic E-state index is 13.5. The molecule has 9 heteroatoms. The van der Waals surface area contributed by atoms with Gasteiger partial charge in [0.25, 0.3) is 0 Å². The zero-order valence-electron chi connectivity index (χ0n) is 20.1. The Bertz CT molecular complexity index is 1240. The molecule has 2 fully saturated rings. The average Bonchev–Trinajstić information content (AvgIpc) is 3.66. The molecule has 0 unspecified atom stereocenters. The second kappa shape index (κ2) is 9.28. The van der Waals surface area contributed by atoms with Crippen molar-refractivity contribution in [2.24, 2.45) is 11.8 Å². The van der Waals surface area contributed by atoms with E-state index in [1.807, 2.05) is 11.8 Å². The minimum absolute atomic E-state index is 0.0251. The van der Waals surface area contributed by atoms with Crippen LogP contribution in [0.25, 0.3) is 0 Å². The third-order valence-electron chi connectivity index (χ3n) is 7.18. The lowest BCUT2D eigenvalue weighted by Crippen LogP contribution is -2.43. The number of hydrogen-bond acceptors (Lipinski definition) is 5. The first-order chi connectivity index (χ1) is 16.8. The Morgan fingerprint density at radius 1 is 1.03 bits per heavy atom. The van der Waals surface area contributed by atoms with E-state index >= 15 is 0 Å². The summed E-state index contributed by atoms with van der Waals surface area (Å²) in [5, 5.41) is 2.89. The van der Waals surface area contributed by atoms with Crippen LogP contribution in [0.2, 0.25) is 0 Å². The summed E-state index contributed by atoms with van der Waals surface area (Å²) in [4.78, 5) is 27.7. The maximum absolute atomic E-state index is 13.5. The van der Waals surface area contributed by atoms with E-state index in [4.69, 9.17) is 4.74 Å². The molecule has 0 bridgehead atoms. The van der Waals surface area contributed by atoms with Gasteiger partial charge in [0, 0.05) is 36.4 Å². The van der Waals surface area contributed by atoms with E-state index in [2.05, 4.69) is 5.32 Å². The monoisotopic (exact) mass is 497 g/mol. The number of fused-ring (bicyclic) bond motifs is 1. The maximum Gasteiger partial charge on any atom is 0.243 e. The lowest BCUT2D eigenvalue weighted by Gasteiger charge is -2.31. The van der Waals surface area contributed by atoms with Crippen molar-refractivity contribution in [1.82, 2.24) is 4.31 Å². The number of sulfonamides is 1. The topological polar surface area (TPSA) is 96.0 Å². The lowest BCUT2D eigenvalue weighted by molar-refractivity contribution is -0.121. The molecule has 35 heavy (non-hydrogen) atoms. The summed E-state index contributed by atoms with van der Waals surface area (Å²) in [6.07, 6.45) is 3.77. The summed E-state index contributed by atoms with van der Waals surface area (Å²) in [5.74, 6) is 0.338. The van der Waals surface area contributed by atoms with Crippen molar-refractivity contribution in [2.75, 3.05) is 30.4 Å². The summed E-state index contributed by atoms with van der Waals surface area (Å²) in [7, 11) is -2.18. The van der Waals surface area contributed by atoms with Gasteiger partial charge >= 0.3 is 0 Å². The molecule has 8 nitrogen and oxygen atoms in total. The van der Waals surface area contributed by atoms with E-state index < -0.39 is 15.9 Å². The minimum Gasteiger partial charge on any atom is -0.497 e. The molecule has 2 atom stereocenters. The fraction of sp³-hybridized carbons (Fsp3) is 0.462. The van der Waals surface area contributed by atoms with E-state index in [-0.39, 0.29) is 35.2 Å². The highest BCUT2D eigenvalue weighted by Gasteiger charge is 2.40. The number of benzene rings is 2. The van der Waals surface area contributed by atoms with E-state index in [1.165, 1.54) is 4.31 Å². The predicted octanol–water partition coefficient (Wildman–Crippen LogP) is 3.42. The fourth-order valence-corrected chi connectivity index (χ4v) is 6.65. The number of nitrogens with one attached hydrogen (secondary N) is 1. The molecular weight excluding hydrogens is 466 g/mol. The largest absolute Gasteiger partial charge is 0.497 e. The van der Waals surface area contributed by atoms with Crippen LogP contribution in [0.4, 0.5) is 11.4 Å². The third kappa shape index (κ3) is 4.67. The Morgan fingerprint density at radius 2 is 1.77 bits per heavy atom. The van der Waals surface area contributed by atoms with E-state index in [0.717, 1.165) is 24.1 Å². The van der Waals surface area contributed by atoms with Gasteiger partial charge in [0.1, 0.15) is 5.75 Å². The molecule has 2 aromatic rings. The molecule has 0 aromatic heterocycles. The second-order valence-corrected chi connectivity index (χ2v) is 11.7. The Kier molecular flexibility index (Phi) is 6.31. The Labute approximate surface area is 206 Å². The summed E-state index contributed by atoms with van der Waals surface area (Å²) >= 11 is 0. The van der Waals surface area contributed by atoms with Gasteiger partial charge in [-0.3, -0.25) is 9.59 Å². The number of anilines is 2. The van der Waals surface area contributed by atoms with Crippen molar-refractivity contribution in [3.8, 4) is 5.75 Å². The number of carbonyl (C=O) groups is 2. The van der Waals surface area contributed by atoms with Crippen molar-refractivity contribution in [2.45, 2.75) is 50.0 Å². The molecule has 2 heterocycles. The van der Waals surface area contributed by atoms with Gasteiger partial charge < -0.3 is 15.0 Å². The first kappa shape index (κ1) is 23.8. The molecule has 1 saturated carbocycles. The van der Waals surface area contributed by atoms with Crippen LogP contribution >= 0.6 is 0 Å². The molecule has 2 amide bonds. The highest BCUT2D eigenvalue weighted by Crippen LogP contribution is 2.40. The molecule has 3 aliphatic rings. The van der Waals surface area contributed by atoms with Crippen molar-refractivity contribution >= 4 is 33.2 Å². The number of hydrogen-bond donors (Lipinski definition) is 1. The summed E-state index contributed by atoms with van der Waals surface area (Å²) in [5.41, 5.74) is 2.36. The van der Waals surface area contributed by atoms with Crippen LogP contribution in [-0.2, 0) is 26.0 Å². The lowest BCUT2D eigenvalue weighted by atomic mass is 9.99. The standard InChI is InChI=1S/C26H31N3O5S/c1-17-14-20-15-23(11-12-24(20)29(17)26(31)18-5-6-18)35(32,33)28-13-3-4-19(16-28)25(30)27-21-7-9-22(34-2)10-8-21/h7-12,15,17-19H,3-6,13-14,16H2,1-2H3,(H,27,30)/t17-,19+/m0/s1. The quantitative estimate of drug-likeness (QED) is 0.660. The number of piperidine rings is 1. The summed E-state index contributed by atoms with van der Waals surface area (Å²) in [6.45, 7) is 2.53. The number of nitrogens with zero attached hydrogens (tertiary/aromatic N) is 2. The van der Waals surface area contributed by atoms with Gasteiger partial charge in [0.15, 0.2) is 0 Å². The van der Waals surface area contributed by atoms with E-state index in [1.54, 1.807) is 49.6 Å². The Balaban J connectivity index is 1.30. The van der Waals surface area contributed by atoms with Crippen molar-refractivity contribution < 1.29 is 22.7 Å². The first-order valence-corrected chi connectivity index (χ1v) is 13.6. The van der Waals surface area contributed by atoms with Gasteiger partial charge in [-0.1, -0.05) is 0 Å². The first-order valence-electron chi connectivity index (χ1n) is 12.2. The number of carbonyl (C=O) groups excluding carboxylic acids is 2. The molecule has 0 radical (unpaired) electrons. The van der Waals surface area contributed by atoms with Gasteiger partial charge in [0.05, 0.1) is 17.9 Å². The second-order valence-electron chi connectivity index (χ2n) is 9.75. The van der Waals surface area contributed by atoms with E-state index in [9.17, 15) is 18.0 Å². The average molecular weight is 498 g/mol. The highest BCUT2D eigenvalue weighted by molar-refractivity contribution is 7.89. The van der Waals surface area contributed by atoms with Crippen LogP contribution in [0.3, 0.4) is 0 Å². The van der Waals surface area contributed by atoms with Crippen LogP contribution in [0.1, 0.15) is 38.2 Å². The summed E-state index contributed by atoms with van der Waals surface area (Å²) < 4.78 is 33.6. The third-order valence-corrected chi connectivity index (χ3v) is 9.04. The molecular formula is C26H31N3O5S. The van der Waals surface area contributed by atoms with Crippen molar-refractivity contribution in [3.63, 3.8) is 0 Å². The molecule has 0 spiro atoms. The summed E-state index contributed by atoms with van der Waals surface area (Å²) in [6, 6.07) is 12.2. The zero-order valence-corrected chi connectivity index (χ0v) is 20.9. The van der Waals surface area contributed by atoms with E-state index in [0.29, 0.717) is 37.2 Å². The highest BCUT2D eigenvalue weighted by atomic mass is 32.2. The number of ether oxygens (including phenoxy) is 1. The van der Waals surface area contributed by atoms with Crippen LogP contribution in [-0.4, -0.2) is 50.8 Å². The van der Waals surface area contributed by atoms with Gasteiger partial charge in [-0.2, -0.15) is 4.31 Å². The minimum atomic E-state index is -3.76. The van der Waals surface area contributed by atoms with Crippen LogP contribution < -0.4 is 15.0 Å². The van der Waals surface area contributed by atoms with Gasteiger partial charge in [-0.25, -0.2) is 8.42 Å². The molecule has 2 aliphatic heterocycles. The normalized spacial score (nSPS) is 22.5. The van der Waals surface area contributed by atoms with Gasteiger partial charge in [-0.15, -0.1) is 0 Å². The van der Waals surface area contributed by atoms with Gasteiger partial charge in [0.2, 0.25) is 21.8 Å². The molecule has 1 N–H and O–H groups in total. The molecule has 1 aliphatic carbocycles. The fourth-order valence-electron chi connectivity index (χ4n) is 5.07. The van der Waals surface area contributed by atoms with Gasteiger partial charge in [-0.05, 0) is 87.1 Å². The number of amides is 2. The van der Waals surface area contributed by atoms with Crippen LogP contribution in [0.15, 0.2) is 47.4 Å². The Morgan fingerprint density at radius 3 is 2.46 bits per heavy atom. The molecule has 186 valence electrons.